The number of nitrogens with zero attached hydrogens (tertiary/aromatic N) is 1. The molecular weight excluding hydrogens is 202 g/mol. The summed E-state index contributed by atoms with van der Waals surface area (Å²) < 4.78 is 0. The first-order valence-electron chi connectivity index (χ1n) is 5.03. The first kappa shape index (κ1) is 10.2. The molecule has 0 unspecified atom stereocenters. The number of aromatic nitrogens is 1. The summed E-state index contributed by atoms with van der Waals surface area (Å²) in [7, 11) is 0. The van der Waals surface area contributed by atoms with Gasteiger partial charge in [0.05, 0.1) is 0 Å². The van der Waals surface area contributed by atoms with Crippen molar-refractivity contribution in [1.29, 1.82) is 0 Å². The summed E-state index contributed by atoms with van der Waals surface area (Å²) in [5, 5.41) is 0. The largest absolute Gasteiger partial charge is 0.261 e. The Kier molecular flexibility index (Phi) is 3.80. The van der Waals surface area contributed by atoms with Crippen molar-refractivity contribution >= 4 is 11.8 Å². The monoisotopic (exact) mass is 215 g/mol. The third-order valence-electron chi connectivity index (χ3n) is 2.10. The van der Waals surface area contributed by atoms with Gasteiger partial charge in [-0.25, -0.2) is 0 Å². The summed E-state index contributed by atoms with van der Waals surface area (Å²) in [5.74, 6) is 1.08. The highest BCUT2D eigenvalue weighted by Gasteiger charge is 1.95. The lowest BCUT2D eigenvalue weighted by molar-refractivity contribution is 1.05. The molecule has 0 atom stereocenters. The Morgan fingerprint density at radius 2 is 1.73 bits per heavy atom. The maximum atomic E-state index is 4.30. The van der Waals surface area contributed by atoms with Gasteiger partial charge in [0, 0.05) is 22.5 Å². The zero-order chi connectivity index (χ0) is 10.3. The number of rotatable bonds is 4. The Balaban J connectivity index is 1.81. The van der Waals surface area contributed by atoms with Crippen molar-refractivity contribution in [2.24, 2.45) is 0 Å². The molecule has 0 aliphatic rings. The summed E-state index contributed by atoms with van der Waals surface area (Å²) in [6.07, 6.45) is 2.88. The quantitative estimate of drug-likeness (QED) is 0.725. The van der Waals surface area contributed by atoms with E-state index in [2.05, 4.69) is 35.3 Å². The molecule has 0 N–H and O–H groups in total. The molecule has 0 radical (unpaired) electrons. The molecule has 0 saturated heterocycles. The topological polar surface area (TPSA) is 12.9 Å². The Morgan fingerprint density at radius 3 is 2.47 bits per heavy atom. The van der Waals surface area contributed by atoms with Gasteiger partial charge in [0.15, 0.2) is 0 Å². The molecule has 0 amide bonds. The second kappa shape index (κ2) is 5.56. The van der Waals surface area contributed by atoms with Crippen LogP contribution >= 0.6 is 11.8 Å². The van der Waals surface area contributed by atoms with Gasteiger partial charge in [-0.2, -0.15) is 0 Å². The van der Waals surface area contributed by atoms with Crippen LogP contribution in [0.5, 0.6) is 0 Å². The number of hydrogen-bond donors (Lipinski definition) is 0. The molecule has 1 heterocycles. The van der Waals surface area contributed by atoms with E-state index in [4.69, 9.17) is 0 Å². The zero-order valence-electron chi connectivity index (χ0n) is 8.47. The zero-order valence-corrected chi connectivity index (χ0v) is 9.28. The molecule has 76 valence electrons. The summed E-state index contributed by atoms with van der Waals surface area (Å²) in [6, 6.07) is 16.5. The molecule has 1 aromatic heterocycles. The number of thioether (sulfide) groups is 1. The molecule has 2 heteroatoms. The van der Waals surface area contributed by atoms with Crippen LogP contribution in [0, 0.1) is 0 Å². The van der Waals surface area contributed by atoms with E-state index in [0.29, 0.717) is 0 Å². The van der Waals surface area contributed by atoms with E-state index in [0.717, 1.165) is 12.2 Å². The number of benzene rings is 1. The van der Waals surface area contributed by atoms with Crippen LogP contribution in [0.25, 0.3) is 0 Å². The summed E-state index contributed by atoms with van der Waals surface area (Å²) in [6.45, 7) is 0. The van der Waals surface area contributed by atoms with Crippen molar-refractivity contribution in [3.63, 3.8) is 0 Å². The first-order chi connectivity index (χ1) is 7.45. The van der Waals surface area contributed by atoms with Crippen LogP contribution in [0.4, 0.5) is 0 Å². The molecular formula is C13H13NS. The van der Waals surface area contributed by atoms with E-state index in [-0.39, 0.29) is 0 Å². The minimum absolute atomic E-state index is 1.03. The fourth-order valence-electron chi connectivity index (χ4n) is 1.34. The summed E-state index contributed by atoms with van der Waals surface area (Å²) in [4.78, 5) is 5.62. The van der Waals surface area contributed by atoms with Crippen LogP contribution in [-0.2, 0) is 6.42 Å². The van der Waals surface area contributed by atoms with Gasteiger partial charge >= 0.3 is 0 Å². The Hall–Kier alpha value is -1.28. The fraction of sp³-hybridized carbons (Fsp3) is 0.154. The third-order valence-corrected chi connectivity index (χ3v) is 3.11. The summed E-state index contributed by atoms with van der Waals surface area (Å²) in [5.41, 5.74) is 1.17. The normalized spacial score (nSPS) is 10.1. The van der Waals surface area contributed by atoms with Gasteiger partial charge in [0.25, 0.3) is 0 Å². The van der Waals surface area contributed by atoms with Gasteiger partial charge in [0.2, 0.25) is 0 Å². The Morgan fingerprint density at radius 1 is 0.933 bits per heavy atom. The summed E-state index contributed by atoms with van der Waals surface area (Å²) >= 11 is 1.88. The van der Waals surface area contributed by atoms with Gasteiger partial charge < -0.3 is 0 Å². The van der Waals surface area contributed by atoms with E-state index in [1.807, 2.05) is 36.2 Å². The van der Waals surface area contributed by atoms with Crippen molar-refractivity contribution in [3.8, 4) is 0 Å². The smallest absolute Gasteiger partial charge is 0.0411 e. The number of aryl methyl sites for hydroxylation is 1. The molecule has 0 aliphatic carbocycles. The van der Waals surface area contributed by atoms with Crippen LogP contribution in [0.15, 0.2) is 59.6 Å². The number of pyridine rings is 1. The van der Waals surface area contributed by atoms with E-state index in [1.165, 1.54) is 10.6 Å². The highest BCUT2D eigenvalue weighted by atomic mass is 32.2. The molecule has 0 aliphatic heterocycles. The fourth-order valence-corrected chi connectivity index (χ4v) is 2.23. The maximum absolute atomic E-state index is 4.30. The van der Waals surface area contributed by atoms with Crippen LogP contribution < -0.4 is 0 Å². The van der Waals surface area contributed by atoms with E-state index in [1.54, 1.807) is 0 Å². The Bertz CT molecular complexity index is 346. The molecule has 2 aromatic rings. The predicted octanol–water partition coefficient (Wildman–Crippen LogP) is 3.42. The first-order valence-corrected chi connectivity index (χ1v) is 6.01. The van der Waals surface area contributed by atoms with Crippen molar-refractivity contribution in [3.05, 3.63) is 60.4 Å². The molecule has 0 bridgehead atoms. The molecule has 2 rings (SSSR count). The average molecular weight is 215 g/mol. The minimum Gasteiger partial charge on any atom is -0.261 e. The SMILES string of the molecule is c1ccc(SCCc2ccccn2)cc1. The molecule has 0 saturated carbocycles. The van der Waals surface area contributed by atoms with Crippen molar-refractivity contribution < 1.29 is 0 Å². The van der Waals surface area contributed by atoms with Gasteiger partial charge in [-0.05, 0) is 30.7 Å². The lowest BCUT2D eigenvalue weighted by Gasteiger charge is -2.00. The molecule has 0 fully saturated rings. The van der Waals surface area contributed by atoms with Crippen LogP contribution in [0.2, 0.25) is 0 Å². The van der Waals surface area contributed by atoms with Crippen molar-refractivity contribution in [1.82, 2.24) is 4.98 Å². The Labute approximate surface area is 94.6 Å². The van der Waals surface area contributed by atoms with Gasteiger partial charge in [0.1, 0.15) is 0 Å². The minimum atomic E-state index is 1.03. The van der Waals surface area contributed by atoms with Gasteiger partial charge in [-0.1, -0.05) is 24.3 Å². The molecule has 1 nitrogen and oxygen atoms in total. The molecule has 1 aromatic carbocycles. The van der Waals surface area contributed by atoms with Crippen LogP contribution in [0.3, 0.4) is 0 Å². The van der Waals surface area contributed by atoms with E-state index >= 15 is 0 Å². The third kappa shape index (κ3) is 3.40. The molecule has 0 spiro atoms. The second-order valence-corrected chi connectivity index (χ2v) is 4.40. The van der Waals surface area contributed by atoms with Crippen LogP contribution in [0.1, 0.15) is 5.69 Å². The van der Waals surface area contributed by atoms with E-state index < -0.39 is 0 Å². The van der Waals surface area contributed by atoms with Crippen LogP contribution in [-0.4, -0.2) is 10.7 Å². The average Bonchev–Trinajstić information content (AvgIpc) is 2.32. The van der Waals surface area contributed by atoms with Gasteiger partial charge in [-0.3, -0.25) is 4.98 Å². The molecule has 15 heavy (non-hydrogen) atoms. The van der Waals surface area contributed by atoms with Gasteiger partial charge in [-0.15, -0.1) is 11.8 Å². The number of hydrogen-bond acceptors (Lipinski definition) is 2. The van der Waals surface area contributed by atoms with Crippen molar-refractivity contribution in [2.75, 3.05) is 5.75 Å². The lowest BCUT2D eigenvalue weighted by Crippen LogP contribution is -1.90. The maximum Gasteiger partial charge on any atom is 0.0411 e. The second-order valence-electron chi connectivity index (χ2n) is 3.23. The lowest BCUT2D eigenvalue weighted by atomic mass is 10.3. The van der Waals surface area contributed by atoms with E-state index in [9.17, 15) is 0 Å². The highest BCUT2D eigenvalue weighted by molar-refractivity contribution is 7.99. The standard InChI is InChI=1S/C13H13NS/c1-2-7-13(8-3-1)15-11-9-12-6-4-5-10-14-12/h1-8,10H,9,11H2. The predicted molar refractivity (Wildman–Crippen MR) is 65.1 cm³/mol. The van der Waals surface area contributed by atoms with Crippen molar-refractivity contribution in [2.45, 2.75) is 11.3 Å². The highest BCUT2D eigenvalue weighted by Crippen LogP contribution is 2.17.